The van der Waals surface area contributed by atoms with Gasteiger partial charge in [0.05, 0.1) is 11.8 Å². The van der Waals surface area contributed by atoms with Crippen molar-refractivity contribution in [1.29, 1.82) is 0 Å². The molecule has 1 aromatic rings. The van der Waals surface area contributed by atoms with Gasteiger partial charge in [0.25, 0.3) is 0 Å². The quantitative estimate of drug-likeness (QED) is 0.718. The van der Waals surface area contributed by atoms with Crippen molar-refractivity contribution in [1.82, 2.24) is 0 Å². The smallest absolute Gasteiger partial charge is 0.307 e. The molecule has 0 radical (unpaired) electrons. The molecule has 0 aliphatic heterocycles. The molecular weight excluding hydrogens is 320 g/mol. The Morgan fingerprint density at radius 2 is 1.52 bits per heavy atom. The number of rotatable bonds is 5. The first kappa shape index (κ1) is 15.9. The van der Waals surface area contributed by atoms with Gasteiger partial charge in [-0.15, -0.1) is 0 Å². The molecule has 2 fully saturated rings. The maximum atomic E-state index is 12.7. The van der Waals surface area contributed by atoms with Crippen molar-refractivity contribution in [2.24, 2.45) is 29.6 Å². The largest absolute Gasteiger partial charge is 0.481 e. The standard InChI is InChI=1S/C19H20N2O4/c22-17(10-4-5-10)20-13-2-1-3-14(9-13)21-18(23)15-11-6-7-12(8-11)16(15)19(24)25/h1-3,6-7,9-12,15-16H,4-5,8H2,(H,20,22)(H,21,23)(H,24,25). The van der Waals surface area contributed by atoms with Gasteiger partial charge in [-0.1, -0.05) is 18.2 Å². The van der Waals surface area contributed by atoms with Crippen LogP contribution in [0, 0.1) is 29.6 Å². The van der Waals surface area contributed by atoms with Crippen LogP contribution in [0.15, 0.2) is 36.4 Å². The van der Waals surface area contributed by atoms with Gasteiger partial charge in [0.1, 0.15) is 0 Å². The first-order chi connectivity index (χ1) is 12.0. The fraction of sp³-hybridized carbons (Fsp3) is 0.421. The molecule has 1 aromatic carbocycles. The Labute approximate surface area is 145 Å². The van der Waals surface area contributed by atoms with E-state index < -0.39 is 17.8 Å². The number of aliphatic carboxylic acids is 1. The van der Waals surface area contributed by atoms with Gasteiger partial charge in [0.2, 0.25) is 11.8 Å². The normalized spacial score (nSPS) is 29.4. The molecule has 0 saturated heterocycles. The Kier molecular flexibility index (Phi) is 3.82. The van der Waals surface area contributed by atoms with Gasteiger partial charge in [0.15, 0.2) is 0 Å². The number of carbonyl (C=O) groups excluding carboxylic acids is 2. The Morgan fingerprint density at radius 3 is 2.12 bits per heavy atom. The molecule has 25 heavy (non-hydrogen) atoms. The summed E-state index contributed by atoms with van der Waals surface area (Å²) in [4.78, 5) is 36.1. The SMILES string of the molecule is O=C(Nc1cccc(NC(=O)C2C3C=CC(C3)C2C(=O)O)c1)C1CC1. The van der Waals surface area contributed by atoms with E-state index in [2.05, 4.69) is 10.6 Å². The average Bonchev–Trinajstić information content (AvgIpc) is 3.23. The third-order valence-corrected chi connectivity index (χ3v) is 5.39. The molecule has 3 aliphatic rings. The summed E-state index contributed by atoms with van der Waals surface area (Å²) in [5.41, 5.74) is 1.20. The van der Waals surface area contributed by atoms with Crippen LogP contribution in [-0.2, 0) is 14.4 Å². The topological polar surface area (TPSA) is 95.5 Å². The zero-order chi connectivity index (χ0) is 17.6. The highest BCUT2D eigenvalue weighted by Gasteiger charge is 2.51. The van der Waals surface area contributed by atoms with Crippen molar-refractivity contribution in [3.8, 4) is 0 Å². The lowest BCUT2D eigenvalue weighted by molar-refractivity contribution is -0.146. The minimum Gasteiger partial charge on any atom is -0.481 e. The van der Waals surface area contributed by atoms with E-state index in [1.54, 1.807) is 24.3 Å². The minimum absolute atomic E-state index is 0.00709. The highest BCUT2D eigenvalue weighted by molar-refractivity contribution is 5.98. The number of fused-ring (bicyclic) bond motifs is 2. The molecule has 0 aromatic heterocycles. The van der Waals surface area contributed by atoms with Crippen molar-refractivity contribution in [2.75, 3.05) is 10.6 Å². The fourth-order valence-corrected chi connectivity index (χ4v) is 4.01. The van der Waals surface area contributed by atoms with E-state index in [9.17, 15) is 19.5 Å². The van der Waals surface area contributed by atoms with Crippen molar-refractivity contribution >= 4 is 29.2 Å². The molecule has 6 heteroatoms. The van der Waals surface area contributed by atoms with Crippen LogP contribution in [0.3, 0.4) is 0 Å². The first-order valence-corrected chi connectivity index (χ1v) is 8.66. The first-order valence-electron chi connectivity index (χ1n) is 8.66. The molecule has 0 spiro atoms. The molecule has 0 heterocycles. The summed E-state index contributed by atoms with van der Waals surface area (Å²) < 4.78 is 0. The van der Waals surface area contributed by atoms with E-state index in [0.717, 1.165) is 19.3 Å². The van der Waals surface area contributed by atoms with Gasteiger partial charge in [-0.05, 0) is 49.3 Å². The van der Waals surface area contributed by atoms with Crippen LogP contribution < -0.4 is 10.6 Å². The summed E-state index contributed by atoms with van der Waals surface area (Å²) in [5, 5.41) is 15.1. The number of anilines is 2. The van der Waals surface area contributed by atoms with E-state index >= 15 is 0 Å². The lowest BCUT2D eigenvalue weighted by atomic mass is 9.82. The van der Waals surface area contributed by atoms with Gasteiger partial charge in [-0.25, -0.2) is 0 Å². The van der Waals surface area contributed by atoms with E-state index in [1.165, 1.54) is 0 Å². The zero-order valence-electron chi connectivity index (χ0n) is 13.6. The Hall–Kier alpha value is -2.63. The summed E-state index contributed by atoms with van der Waals surface area (Å²) >= 11 is 0. The van der Waals surface area contributed by atoms with Crippen molar-refractivity contribution < 1.29 is 19.5 Å². The Morgan fingerprint density at radius 1 is 0.920 bits per heavy atom. The molecule has 2 bridgehead atoms. The molecule has 4 atom stereocenters. The predicted molar refractivity (Wildman–Crippen MR) is 91.8 cm³/mol. The van der Waals surface area contributed by atoms with Crippen molar-refractivity contribution in [2.45, 2.75) is 19.3 Å². The van der Waals surface area contributed by atoms with Gasteiger partial charge in [0, 0.05) is 17.3 Å². The Balaban J connectivity index is 1.46. The maximum Gasteiger partial charge on any atom is 0.307 e. The zero-order valence-corrected chi connectivity index (χ0v) is 13.6. The Bertz CT molecular complexity index is 768. The van der Waals surface area contributed by atoms with Crippen LogP contribution >= 0.6 is 0 Å². The van der Waals surface area contributed by atoms with E-state index in [1.807, 2.05) is 12.2 Å². The van der Waals surface area contributed by atoms with Crippen LogP contribution in [0.25, 0.3) is 0 Å². The van der Waals surface area contributed by atoms with Crippen LogP contribution in [-0.4, -0.2) is 22.9 Å². The van der Waals surface area contributed by atoms with Crippen LogP contribution in [0.2, 0.25) is 0 Å². The number of allylic oxidation sites excluding steroid dienone is 2. The second-order valence-corrected chi connectivity index (χ2v) is 7.17. The third kappa shape index (κ3) is 3.04. The molecule has 4 unspecified atom stereocenters. The van der Waals surface area contributed by atoms with E-state index in [0.29, 0.717) is 11.4 Å². The van der Waals surface area contributed by atoms with E-state index in [-0.39, 0.29) is 29.6 Å². The minimum atomic E-state index is -0.914. The number of carbonyl (C=O) groups is 3. The molecule has 3 aliphatic carbocycles. The van der Waals surface area contributed by atoms with Crippen molar-refractivity contribution in [3.63, 3.8) is 0 Å². The lowest BCUT2D eigenvalue weighted by Crippen LogP contribution is -2.36. The molecule has 2 saturated carbocycles. The number of benzene rings is 1. The van der Waals surface area contributed by atoms with Crippen LogP contribution in [0.5, 0.6) is 0 Å². The second kappa shape index (κ2) is 6.02. The summed E-state index contributed by atoms with van der Waals surface area (Å²) in [7, 11) is 0. The van der Waals surface area contributed by atoms with Gasteiger partial charge in [-0.3, -0.25) is 14.4 Å². The summed E-state index contributed by atoms with van der Waals surface area (Å²) in [6.07, 6.45) is 6.46. The molecule has 130 valence electrons. The lowest BCUT2D eigenvalue weighted by Gasteiger charge is -2.24. The monoisotopic (exact) mass is 340 g/mol. The predicted octanol–water partition coefficient (Wildman–Crippen LogP) is 2.50. The van der Waals surface area contributed by atoms with Crippen molar-refractivity contribution in [3.05, 3.63) is 36.4 Å². The summed E-state index contributed by atoms with van der Waals surface area (Å²) in [6.45, 7) is 0. The number of carboxylic acid groups (broad SMARTS) is 1. The van der Waals surface area contributed by atoms with Gasteiger partial charge in [-0.2, -0.15) is 0 Å². The van der Waals surface area contributed by atoms with Crippen LogP contribution in [0.4, 0.5) is 11.4 Å². The van der Waals surface area contributed by atoms with E-state index in [4.69, 9.17) is 0 Å². The third-order valence-electron chi connectivity index (χ3n) is 5.39. The fourth-order valence-electron chi connectivity index (χ4n) is 4.01. The number of carboxylic acids is 1. The summed E-state index contributed by atoms with van der Waals surface area (Å²) in [6, 6.07) is 6.98. The maximum absolute atomic E-state index is 12.7. The number of amides is 2. The van der Waals surface area contributed by atoms with Gasteiger partial charge >= 0.3 is 5.97 Å². The molecule has 6 nitrogen and oxygen atoms in total. The highest BCUT2D eigenvalue weighted by atomic mass is 16.4. The molecule has 3 N–H and O–H groups in total. The number of hydrogen-bond donors (Lipinski definition) is 3. The molecular formula is C19H20N2O4. The molecule has 2 amide bonds. The number of nitrogens with one attached hydrogen (secondary N) is 2. The second-order valence-electron chi connectivity index (χ2n) is 7.17. The van der Waals surface area contributed by atoms with Crippen LogP contribution in [0.1, 0.15) is 19.3 Å². The average molecular weight is 340 g/mol. The van der Waals surface area contributed by atoms with Gasteiger partial charge < -0.3 is 15.7 Å². The highest BCUT2D eigenvalue weighted by Crippen LogP contribution is 2.48. The molecule has 4 rings (SSSR count). The summed E-state index contributed by atoms with van der Waals surface area (Å²) in [5.74, 6) is -2.34. The number of hydrogen-bond acceptors (Lipinski definition) is 3.